The number of rotatable bonds is 5. The number of hydrogen-bond donors (Lipinski definition) is 3. The molecule has 0 unspecified atom stereocenters. The van der Waals surface area contributed by atoms with Crippen molar-refractivity contribution >= 4 is 6.09 Å². The first kappa shape index (κ1) is 13.1. The first-order chi connectivity index (χ1) is 9.20. The van der Waals surface area contributed by atoms with Gasteiger partial charge in [0, 0.05) is 11.8 Å². The van der Waals surface area contributed by atoms with Gasteiger partial charge in [0.1, 0.15) is 5.82 Å². The second kappa shape index (κ2) is 6.04. The van der Waals surface area contributed by atoms with Crippen molar-refractivity contribution in [3.63, 3.8) is 0 Å². The highest BCUT2D eigenvalue weighted by Crippen LogP contribution is 2.21. The molecule has 19 heavy (non-hydrogen) atoms. The minimum Gasteiger partial charge on any atom is -0.465 e. The summed E-state index contributed by atoms with van der Waals surface area (Å²) in [5.74, 6) is 0.656. The van der Waals surface area contributed by atoms with Gasteiger partial charge in [-0.2, -0.15) is 0 Å². The second-order valence-corrected chi connectivity index (χ2v) is 4.33. The first-order valence-electron chi connectivity index (χ1n) is 6.31. The molecule has 1 heterocycles. The molecule has 5 heteroatoms. The summed E-state index contributed by atoms with van der Waals surface area (Å²) in [4.78, 5) is 18.3. The van der Waals surface area contributed by atoms with E-state index in [1.165, 1.54) is 0 Å². The van der Waals surface area contributed by atoms with Crippen LogP contribution in [0.5, 0.6) is 0 Å². The van der Waals surface area contributed by atoms with E-state index in [1.54, 1.807) is 6.20 Å². The van der Waals surface area contributed by atoms with Gasteiger partial charge in [-0.25, -0.2) is 9.78 Å². The van der Waals surface area contributed by atoms with Crippen LogP contribution in [0.1, 0.15) is 31.6 Å². The van der Waals surface area contributed by atoms with Crippen molar-refractivity contribution in [1.29, 1.82) is 0 Å². The van der Waals surface area contributed by atoms with Crippen LogP contribution >= 0.6 is 0 Å². The Morgan fingerprint density at radius 2 is 2.16 bits per heavy atom. The zero-order valence-electron chi connectivity index (χ0n) is 10.8. The fourth-order valence-electron chi connectivity index (χ4n) is 1.99. The standard InChI is InChI=1S/C14H17N3O2/c1-2-6-11(17-14(18)19)13-15-9-12(16-13)10-7-4-3-5-8-10/h3-5,7-9,11,17H,2,6H2,1H3,(H,15,16)(H,18,19)/t11-/m1/s1. The molecule has 3 N–H and O–H groups in total. The molecule has 0 bridgehead atoms. The molecule has 1 aromatic heterocycles. The first-order valence-corrected chi connectivity index (χ1v) is 6.31. The van der Waals surface area contributed by atoms with Gasteiger partial charge in [-0.05, 0) is 6.42 Å². The maximum absolute atomic E-state index is 10.8. The topological polar surface area (TPSA) is 78.0 Å². The number of hydrogen-bond acceptors (Lipinski definition) is 2. The summed E-state index contributed by atoms with van der Waals surface area (Å²) in [5, 5.41) is 11.3. The fraction of sp³-hybridized carbons (Fsp3) is 0.286. The number of carboxylic acid groups (broad SMARTS) is 1. The van der Waals surface area contributed by atoms with Crippen LogP contribution in [-0.4, -0.2) is 21.2 Å². The van der Waals surface area contributed by atoms with Gasteiger partial charge in [0.25, 0.3) is 0 Å². The van der Waals surface area contributed by atoms with Crippen molar-refractivity contribution in [2.45, 2.75) is 25.8 Å². The Balaban J connectivity index is 2.21. The largest absolute Gasteiger partial charge is 0.465 e. The van der Waals surface area contributed by atoms with Crippen LogP contribution in [0.4, 0.5) is 4.79 Å². The van der Waals surface area contributed by atoms with E-state index in [-0.39, 0.29) is 6.04 Å². The van der Waals surface area contributed by atoms with Crippen LogP contribution in [0, 0.1) is 0 Å². The number of aromatic amines is 1. The van der Waals surface area contributed by atoms with Gasteiger partial charge in [0.05, 0.1) is 11.7 Å². The molecule has 0 aliphatic rings. The number of amides is 1. The molecule has 2 rings (SSSR count). The van der Waals surface area contributed by atoms with Crippen molar-refractivity contribution in [3.05, 3.63) is 42.4 Å². The van der Waals surface area contributed by atoms with Crippen LogP contribution in [0.3, 0.4) is 0 Å². The minimum absolute atomic E-state index is 0.292. The Morgan fingerprint density at radius 3 is 2.79 bits per heavy atom. The quantitative estimate of drug-likeness (QED) is 0.771. The van der Waals surface area contributed by atoms with E-state index in [2.05, 4.69) is 15.3 Å². The predicted molar refractivity (Wildman–Crippen MR) is 72.8 cm³/mol. The van der Waals surface area contributed by atoms with Gasteiger partial charge in [0.15, 0.2) is 0 Å². The van der Waals surface area contributed by atoms with Crippen molar-refractivity contribution < 1.29 is 9.90 Å². The number of benzene rings is 1. The Bertz CT molecular complexity index is 537. The molecule has 100 valence electrons. The zero-order chi connectivity index (χ0) is 13.7. The summed E-state index contributed by atoms with van der Waals surface area (Å²) in [6, 6.07) is 9.49. The van der Waals surface area contributed by atoms with E-state index in [9.17, 15) is 4.79 Å². The SMILES string of the molecule is CCC[C@@H](NC(=O)O)c1nc(-c2ccccc2)c[nH]1. The number of H-pyrrole nitrogens is 1. The van der Waals surface area contributed by atoms with Crippen molar-refractivity contribution in [2.24, 2.45) is 0 Å². The fourth-order valence-corrected chi connectivity index (χ4v) is 1.99. The molecule has 2 aromatic rings. The Morgan fingerprint density at radius 1 is 1.42 bits per heavy atom. The summed E-state index contributed by atoms with van der Waals surface area (Å²) in [7, 11) is 0. The monoisotopic (exact) mass is 259 g/mol. The number of nitrogens with zero attached hydrogens (tertiary/aromatic N) is 1. The average molecular weight is 259 g/mol. The smallest absolute Gasteiger partial charge is 0.405 e. The molecule has 1 amide bonds. The molecule has 0 saturated carbocycles. The summed E-state index contributed by atoms with van der Waals surface area (Å²) >= 11 is 0. The number of carbonyl (C=O) groups is 1. The van der Waals surface area contributed by atoms with Crippen molar-refractivity contribution in [2.75, 3.05) is 0 Å². The minimum atomic E-state index is -1.03. The van der Waals surface area contributed by atoms with E-state index in [0.29, 0.717) is 12.2 Å². The lowest BCUT2D eigenvalue weighted by atomic mass is 10.1. The highest BCUT2D eigenvalue weighted by atomic mass is 16.4. The van der Waals surface area contributed by atoms with Gasteiger partial charge < -0.3 is 15.4 Å². The number of aromatic nitrogens is 2. The van der Waals surface area contributed by atoms with Crippen molar-refractivity contribution in [3.8, 4) is 11.3 Å². The third kappa shape index (κ3) is 3.34. The van der Waals surface area contributed by atoms with E-state index in [4.69, 9.17) is 5.11 Å². The van der Waals surface area contributed by atoms with Crippen LogP contribution in [0.25, 0.3) is 11.3 Å². The third-order valence-electron chi connectivity index (χ3n) is 2.87. The molecule has 0 spiro atoms. The molecular weight excluding hydrogens is 242 g/mol. The van der Waals surface area contributed by atoms with Gasteiger partial charge in [-0.3, -0.25) is 0 Å². The highest BCUT2D eigenvalue weighted by molar-refractivity contribution is 5.65. The summed E-state index contributed by atoms with van der Waals surface area (Å²) in [6.45, 7) is 2.01. The molecule has 1 aromatic carbocycles. The van der Waals surface area contributed by atoms with Crippen molar-refractivity contribution in [1.82, 2.24) is 15.3 Å². The zero-order valence-corrected chi connectivity index (χ0v) is 10.8. The van der Waals surface area contributed by atoms with Gasteiger partial charge >= 0.3 is 6.09 Å². The number of nitrogens with one attached hydrogen (secondary N) is 2. The lowest BCUT2D eigenvalue weighted by molar-refractivity contribution is 0.188. The van der Waals surface area contributed by atoms with E-state index in [0.717, 1.165) is 17.7 Å². The highest BCUT2D eigenvalue weighted by Gasteiger charge is 2.16. The average Bonchev–Trinajstić information content (AvgIpc) is 2.88. The molecule has 0 saturated heterocycles. The molecular formula is C14H17N3O2. The Kier molecular flexibility index (Phi) is 4.18. The lowest BCUT2D eigenvalue weighted by Crippen LogP contribution is -2.27. The van der Waals surface area contributed by atoms with Gasteiger partial charge in [-0.15, -0.1) is 0 Å². The molecule has 0 aliphatic heterocycles. The molecule has 0 fully saturated rings. The molecule has 1 atom stereocenters. The summed E-state index contributed by atoms with van der Waals surface area (Å²) in [5.41, 5.74) is 1.83. The maximum Gasteiger partial charge on any atom is 0.405 e. The third-order valence-corrected chi connectivity index (χ3v) is 2.87. The van der Waals surface area contributed by atoms with E-state index in [1.807, 2.05) is 37.3 Å². The lowest BCUT2D eigenvalue weighted by Gasteiger charge is -2.12. The summed E-state index contributed by atoms with van der Waals surface area (Å²) < 4.78 is 0. The molecule has 0 radical (unpaired) electrons. The molecule has 5 nitrogen and oxygen atoms in total. The Labute approximate surface area is 111 Å². The van der Waals surface area contributed by atoms with Crippen LogP contribution in [-0.2, 0) is 0 Å². The van der Waals surface area contributed by atoms with Crippen LogP contribution in [0.15, 0.2) is 36.5 Å². The summed E-state index contributed by atoms with van der Waals surface area (Å²) in [6.07, 6.45) is 2.37. The van der Waals surface area contributed by atoms with E-state index < -0.39 is 6.09 Å². The van der Waals surface area contributed by atoms with Crippen LogP contribution in [0.2, 0.25) is 0 Å². The van der Waals surface area contributed by atoms with Gasteiger partial charge in [0.2, 0.25) is 0 Å². The van der Waals surface area contributed by atoms with Crippen LogP contribution < -0.4 is 5.32 Å². The Hall–Kier alpha value is -2.30. The van der Waals surface area contributed by atoms with E-state index >= 15 is 0 Å². The second-order valence-electron chi connectivity index (χ2n) is 4.33. The number of imidazole rings is 1. The normalized spacial score (nSPS) is 12.1. The predicted octanol–water partition coefficient (Wildman–Crippen LogP) is 3.19. The molecule has 0 aliphatic carbocycles. The van der Waals surface area contributed by atoms with Gasteiger partial charge in [-0.1, -0.05) is 43.7 Å². The maximum atomic E-state index is 10.8.